The minimum atomic E-state index is 0. The maximum atomic E-state index is 2.41. The molecule has 3 aromatic rings. The minimum absolute atomic E-state index is 0. The zero-order valence-corrected chi connectivity index (χ0v) is 14.8. The standard InChI is InChI=1S/C24H26.H2/c1-19(21-13-7-4-8-14-21)24(3,23-17-11-6-12-18-23)20(2)22-15-9-5-10-16-22;/h4-20H,1-3H3;1H. The number of hydrogen-bond donors (Lipinski definition) is 0. The molecule has 3 rings (SSSR count). The molecule has 0 amide bonds. The molecule has 0 radical (unpaired) electrons. The van der Waals surface area contributed by atoms with Gasteiger partial charge < -0.3 is 0 Å². The average Bonchev–Trinajstić information content (AvgIpc) is 2.68. The van der Waals surface area contributed by atoms with Gasteiger partial charge in [0.1, 0.15) is 0 Å². The third-order valence-corrected chi connectivity index (χ3v) is 5.79. The van der Waals surface area contributed by atoms with Crippen molar-refractivity contribution in [3.63, 3.8) is 0 Å². The zero-order valence-electron chi connectivity index (χ0n) is 14.8. The quantitative estimate of drug-likeness (QED) is 0.485. The minimum Gasteiger partial charge on any atom is -0.0622 e. The molecule has 2 atom stereocenters. The van der Waals surface area contributed by atoms with Gasteiger partial charge in [0, 0.05) is 6.84 Å². The smallest absolute Gasteiger partial charge is 0.00566 e. The fourth-order valence-corrected chi connectivity index (χ4v) is 3.85. The van der Waals surface area contributed by atoms with Crippen LogP contribution >= 0.6 is 0 Å². The van der Waals surface area contributed by atoms with Crippen LogP contribution in [0, 0.1) is 0 Å². The average molecular weight is 316 g/mol. The highest BCUT2D eigenvalue weighted by molar-refractivity contribution is 5.38. The Morgan fingerprint density at radius 3 is 1.29 bits per heavy atom. The van der Waals surface area contributed by atoms with Crippen LogP contribution in [-0.2, 0) is 5.41 Å². The number of hydrogen-bond acceptors (Lipinski definition) is 0. The summed E-state index contributed by atoms with van der Waals surface area (Å²) in [7, 11) is 0. The van der Waals surface area contributed by atoms with Crippen LogP contribution in [0.3, 0.4) is 0 Å². The summed E-state index contributed by atoms with van der Waals surface area (Å²) < 4.78 is 0. The second kappa shape index (κ2) is 7.05. The molecule has 0 saturated carbocycles. The molecular formula is C24H28. The molecule has 0 saturated heterocycles. The van der Waals surface area contributed by atoms with Crippen molar-refractivity contribution in [3.05, 3.63) is 108 Å². The van der Waals surface area contributed by atoms with E-state index < -0.39 is 0 Å². The monoisotopic (exact) mass is 316 g/mol. The highest BCUT2D eigenvalue weighted by Crippen LogP contribution is 2.48. The second-order valence-corrected chi connectivity index (χ2v) is 6.91. The fraction of sp³-hybridized carbons (Fsp3) is 0.250. The fourth-order valence-electron chi connectivity index (χ4n) is 3.85. The molecule has 2 unspecified atom stereocenters. The maximum absolute atomic E-state index is 2.41. The van der Waals surface area contributed by atoms with E-state index >= 15 is 0 Å². The summed E-state index contributed by atoms with van der Waals surface area (Å²) in [6, 6.07) is 32.7. The molecule has 0 fully saturated rings. The van der Waals surface area contributed by atoms with Crippen molar-refractivity contribution in [2.45, 2.75) is 38.0 Å². The Labute approximate surface area is 147 Å². The number of rotatable bonds is 5. The first-order valence-electron chi connectivity index (χ1n) is 8.79. The van der Waals surface area contributed by atoms with E-state index in [1.807, 2.05) is 0 Å². The van der Waals surface area contributed by atoms with E-state index in [9.17, 15) is 0 Å². The van der Waals surface area contributed by atoms with Crippen molar-refractivity contribution < 1.29 is 1.43 Å². The highest BCUT2D eigenvalue weighted by atomic mass is 14.4. The Morgan fingerprint density at radius 1 is 0.583 bits per heavy atom. The van der Waals surface area contributed by atoms with Gasteiger partial charge in [0.2, 0.25) is 0 Å². The molecule has 3 aromatic carbocycles. The normalized spacial score (nSPS) is 16.1. The van der Waals surface area contributed by atoms with Gasteiger partial charge in [-0.3, -0.25) is 0 Å². The van der Waals surface area contributed by atoms with Gasteiger partial charge in [0.15, 0.2) is 0 Å². The molecule has 0 bridgehead atoms. The molecular weight excluding hydrogens is 288 g/mol. The van der Waals surface area contributed by atoms with Gasteiger partial charge in [0.25, 0.3) is 0 Å². The predicted molar refractivity (Wildman–Crippen MR) is 106 cm³/mol. The van der Waals surface area contributed by atoms with Gasteiger partial charge in [-0.1, -0.05) is 112 Å². The van der Waals surface area contributed by atoms with E-state index in [1.54, 1.807) is 0 Å². The van der Waals surface area contributed by atoms with Crippen LogP contribution in [0.15, 0.2) is 91.0 Å². The third-order valence-electron chi connectivity index (χ3n) is 5.79. The molecule has 0 N–H and O–H groups in total. The molecule has 0 heteroatoms. The molecule has 0 nitrogen and oxygen atoms in total. The summed E-state index contributed by atoms with van der Waals surface area (Å²) in [5, 5.41) is 0. The van der Waals surface area contributed by atoms with Crippen LogP contribution in [0.1, 0.15) is 50.7 Å². The molecule has 0 aliphatic carbocycles. The summed E-state index contributed by atoms with van der Waals surface area (Å²) in [6.45, 7) is 7.14. The summed E-state index contributed by atoms with van der Waals surface area (Å²) in [6.07, 6.45) is 0. The first kappa shape index (κ1) is 16.5. The SMILES string of the molecule is CC(c1ccccc1)C(C)(c1ccccc1)C(C)c1ccccc1.[HH]. The topological polar surface area (TPSA) is 0 Å². The lowest BCUT2D eigenvalue weighted by Crippen LogP contribution is -2.34. The first-order chi connectivity index (χ1) is 11.6. The van der Waals surface area contributed by atoms with Gasteiger partial charge in [-0.15, -0.1) is 0 Å². The summed E-state index contributed by atoms with van der Waals surface area (Å²) in [4.78, 5) is 0. The van der Waals surface area contributed by atoms with Crippen LogP contribution in [0.4, 0.5) is 0 Å². The Kier molecular flexibility index (Phi) is 4.85. The van der Waals surface area contributed by atoms with Crippen molar-refractivity contribution in [3.8, 4) is 0 Å². The van der Waals surface area contributed by atoms with Crippen molar-refractivity contribution in [2.75, 3.05) is 0 Å². The molecule has 0 aliphatic rings. The van der Waals surface area contributed by atoms with Gasteiger partial charge in [-0.2, -0.15) is 0 Å². The van der Waals surface area contributed by atoms with Gasteiger partial charge in [-0.05, 0) is 28.5 Å². The van der Waals surface area contributed by atoms with Crippen molar-refractivity contribution in [1.82, 2.24) is 0 Å². The van der Waals surface area contributed by atoms with Gasteiger partial charge >= 0.3 is 0 Å². The lowest BCUT2D eigenvalue weighted by Gasteiger charge is -2.42. The molecule has 0 spiro atoms. The first-order valence-corrected chi connectivity index (χ1v) is 8.79. The second-order valence-electron chi connectivity index (χ2n) is 6.91. The van der Waals surface area contributed by atoms with E-state index in [0.717, 1.165) is 0 Å². The molecule has 0 aliphatic heterocycles. The third kappa shape index (κ3) is 3.01. The van der Waals surface area contributed by atoms with Crippen LogP contribution in [0.25, 0.3) is 0 Å². The predicted octanol–water partition coefficient (Wildman–Crippen LogP) is 6.80. The van der Waals surface area contributed by atoms with Crippen LogP contribution in [0.5, 0.6) is 0 Å². The molecule has 24 heavy (non-hydrogen) atoms. The molecule has 0 heterocycles. The lowest BCUT2D eigenvalue weighted by atomic mass is 9.61. The van der Waals surface area contributed by atoms with E-state index in [2.05, 4.69) is 112 Å². The highest BCUT2D eigenvalue weighted by Gasteiger charge is 2.39. The molecule has 0 aromatic heterocycles. The Morgan fingerprint density at radius 2 is 0.917 bits per heavy atom. The van der Waals surface area contributed by atoms with Crippen LogP contribution in [-0.4, -0.2) is 0 Å². The summed E-state index contributed by atoms with van der Waals surface area (Å²) in [5.41, 5.74) is 4.21. The van der Waals surface area contributed by atoms with E-state index in [-0.39, 0.29) is 6.84 Å². The van der Waals surface area contributed by atoms with E-state index in [4.69, 9.17) is 0 Å². The lowest BCUT2D eigenvalue weighted by molar-refractivity contribution is 0.334. The van der Waals surface area contributed by atoms with Gasteiger partial charge in [-0.25, -0.2) is 0 Å². The van der Waals surface area contributed by atoms with Crippen molar-refractivity contribution >= 4 is 0 Å². The van der Waals surface area contributed by atoms with E-state index in [0.29, 0.717) is 11.8 Å². The Balaban J connectivity index is 0.00000225. The van der Waals surface area contributed by atoms with Crippen LogP contribution < -0.4 is 0 Å². The van der Waals surface area contributed by atoms with Crippen molar-refractivity contribution in [2.24, 2.45) is 0 Å². The molecule has 124 valence electrons. The van der Waals surface area contributed by atoms with Crippen LogP contribution in [0.2, 0.25) is 0 Å². The Hall–Kier alpha value is -2.34. The van der Waals surface area contributed by atoms with E-state index in [1.165, 1.54) is 16.7 Å². The van der Waals surface area contributed by atoms with Crippen molar-refractivity contribution in [1.29, 1.82) is 0 Å². The maximum Gasteiger partial charge on any atom is 0.00566 e. The summed E-state index contributed by atoms with van der Waals surface area (Å²) >= 11 is 0. The summed E-state index contributed by atoms with van der Waals surface area (Å²) in [5.74, 6) is 0.826. The van der Waals surface area contributed by atoms with Gasteiger partial charge in [0.05, 0.1) is 0 Å². The Bertz CT molecular complexity index is 704. The zero-order chi connectivity index (χ0) is 17.0. The largest absolute Gasteiger partial charge is 0.0622 e. The number of benzene rings is 3.